The van der Waals surface area contributed by atoms with Crippen LogP contribution in [0.25, 0.3) is 5.69 Å². The summed E-state index contributed by atoms with van der Waals surface area (Å²) in [6.07, 6.45) is 0.476. The lowest BCUT2D eigenvalue weighted by molar-refractivity contribution is -0.141. The van der Waals surface area contributed by atoms with Crippen LogP contribution in [-0.2, 0) is 6.18 Å². The zero-order chi connectivity index (χ0) is 19.7. The number of rotatable bonds is 3. The Morgan fingerprint density at radius 2 is 1.96 bits per heavy atom. The van der Waals surface area contributed by atoms with Gasteiger partial charge in [0.05, 0.1) is 10.7 Å². The molecule has 0 aliphatic carbocycles. The molecule has 1 amide bonds. The first kappa shape index (κ1) is 18.7. The van der Waals surface area contributed by atoms with Gasteiger partial charge in [0.1, 0.15) is 0 Å². The molecule has 0 bridgehead atoms. The lowest BCUT2D eigenvalue weighted by atomic mass is 9.98. The molecule has 28 heavy (non-hydrogen) atoms. The number of carbonyl (C=O) groups is 1. The zero-order valence-corrected chi connectivity index (χ0v) is 15.6. The molecule has 1 aliphatic rings. The van der Waals surface area contributed by atoms with Gasteiger partial charge in [-0.05, 0) is 43.2 Å². The Morgan fingerprint density at radius 3 is 2.61 bits per heavy atom. The van der Waals surface area contributed by atoms with Crippen LogP contribution in [0.15, 0.2) is 48.1 Å². The van der Waals surface area contributed by atoms with Gasteiger partial charge in [-0.15, -0.1) is 11.3 Å². The Kier molecular flexibility index (Phi) is 4.92. The maximum atomic E-state index is 12.8. The molecule has 2 aromatic heterocycles. The lowest BCUT2D eigenvalue weighted by Crippen LogP contribution is -2.39. The van der Waals surface area contributed by atoms with Crippen LogP contribution < -0.4 is 0 Å². The summed E-state index contributed by atoms with van der Waals surface area (Å²) in [5, 5.41) is 6.53. The number of aromatic nitrogens is 3. The number of thiazole rings is 1. The van der Waals surface area contributed by atoms with Crippen LogP contribution in [0.2, 0.25) is 0 Å². The third-order valence-electron chi connectivity index (χ3n) is 4.77. The predicted octanol–water partition coefficient (Wildman–Crippen LogP) is 4.37. The van der Waals surface area contributed by atoms with E-state index in [1.807, 2.05) is 10.3 Å². The van der Waals surface area contributed by atoms with E-state index in [2.05, 4.69) is 10.1 Å². The Labute approximate surface area is 163 Å². The van der Waals surface area contributed by atoms with Crippen LogP contribution >= 0.6 is 11.3 Å². The Morgan fingerprint density at radius 1 is 1.18 bits per heavy atom. The summed E-state index contributed by atoms with van der Waals surface area (Å²) in [4.78, 5) is 19.0. The number of benzene rings is 1. The summed E-state index contributed by atoms with van der Waals surface area (Å²) in [7, 11) is 0. The second-order valence-electron chi connectivity index (χ2n) is 6.65. The van der Waals surface area contributed by atoms with Crippen molar-refractivity contribution in [3.05, 3.63) is 64.4 Å². The maximum Gasteiger partial charge on any atom is 0.435 e. The van der Waals surface area contributed by atoms with Crippen molar-refractivity contribution < 1.29 is 18.0 Å². The van der Waals surface area contributed by atoms with Gasteiger partial charge in [-0.2, -0.15) is 18.3 Å². The number of hydrogen-bond acceptors (Lipinski definition) is 4. The van der Waals surface area contributed by atoms with E-state index in [1.54, 1.807) is 41.8 Å². The minimum atomic E-state index is -4.48. The summed E-state index contributed by atoms with van der Waals surface area (Å²) in [5.74, 6) is 0.172. The molecule has 1 aliphatic heterocycles. The van der Waals surface area contributed by atoms with Crippen molar-refractivity contribution >= 4 is 17.2 Å². The number of alkyl halides is 3. The van der Waals surface area contributed by atoms with E-state index in [0.29, 0.717) is 24.3 Å². The molecule has 3 aromatic rings. The van der Waals surface area contributed by atoms with Gasteiger partial charge in [-0.3, -0.25) is 4.79 Å². The normalized spacial score (nSPS) is 17.7. The van der Waals surface area contributed by atoms with E-state index in [4.69, 9.17) is 0 Å². The molecule has 1 saturated heterocycles. The summed E-state index contributed by atoms with van der Waals surface area (Å²) in [6.45, 7) is 1.32. The van der Waals surface area contributed by atoms with E-state index in [-0.39, 0.29) is 11.8 Å². The molecule has 5 nitrogen and oxygen atoms in total. The van der Waals surface area contributed by atoms with Gasteiger partial charge in [0, 0.05) is 42.3 Å². The van der Waals surface area contributed by atoms with E-state index in [0.717, 1.165) is 28.6 Å². The van der Waals surface area contributed by atoms with Gasteiger partial charge < -0.3 is 4.90 Å². The number of carbonyl (C=O) groups excluding carboxylic acids is 1. The van der Waals surface area contributed by atoms with E-state index in [1.165, 1.54) is 6.20 Å². The van der Waals surface area contributed by atoms with Gasteiger partial charge in [0.15, 0.2) is 5.69 Å². The monoisotopic (exact) mass is 406 g/mol. The van der Waals surface area contributed by atoms with Crippen LogP contribution in [-0.4, -0.2) is 38.7 Å². The van der Waals surface area contributed by atoms with Crippen molar-refractivity contribution in [3.8, 4) is 5.69 Å². The highest BCUT2D eigenvalue weighted by Crippen LogP contribution is 2.30. The van der Waals surface area contributed by atoms with Crippen LogP contribution in [0.3, 0.4) is 0 Å². The first-order chi connectivity index (χ1) is 13.4. The highest BCUT2D eigenvalue weighted by molar-refractivity contribution is 7.09. The fourth-order valence-electron chi connectivity index (χ4n) is 3.36. The Bertz CT molecular complexity index is 950. The van der Waals surface area contributed by atoms with Gasteiger partial charge in [0.2, 0.25) is 0 Å². The van der Waals surface area contributed by atoms with Crippen molar-refractivity contribution in [2.75, 3.05) is 13.1 Å². The fourth-order valence-corrected chi connectivity index (χ4v) is 4.13. The predicted molar refractivity (Wildman–Crippen MR) is 98.6 cm³/mol. The maximum absolute atomic E-state index is 12.8. The first-order valence-corrected chi connectivity index (χ1v) is 9.72. The molecule has 1 unspecified atom stereocenters. The minimum Gasteiger partial charge on any atom is -0.338 e. The molecule has 0 N–H and O–H groups in total. The van der Waals surface area contributed by atoms with E-state index < -0.39 is 11.9 Å². The van der Waals surface area contributed by atoms with Crippen molar-refractivity contribution in [3.63, 3.8) is 0 Å². The smallest absolute Gasteiger partial charge is 0.338 e. The van der Waals surface area contributed by atoms with Crippen molar-refractivity contribution in [2.45, 2.75) is 24.9 Å². The molecule has 0 saturated carbocycles. The molecule has 3 heterocycles. The quantitative estimate of drug-likeness (QED) is 0.649. The molecule has 1 fully saturated rings. The third-order valence-corrected chi connectivity index (χ3v) is 5.71. The number of hydrogen-bond donors (Lipinski definition) is 0. The van der Waals surface area contributed by atoms with Gasteiger partial charge in [-0.25, -0.2) is 9.67 Å². The van der Waals surface area contributed by atoms with Crippen LogP contribution in [0, 0.1) is 0 Å². The molecule has 1 aromatic carbocycles. The third kappa shape index (κ3) is 3.80. The standard InChI is InChI=1S/C19H17F3N4OS/c20-19(21,22)16-7-10-26(24-16)15-5-3-13(4-6-15)18(27)25-9-1-2-14(12-25)17-23-8-11-28-17/h3-8,10-11,14H,1-2,9,12H2. The summed E-state index contributed by atoms with van der Waals surface area (Å²) >= 11 is 1.60. The summed E-state index contributed by atoms with van der Waals surface area (Å²) in [5.41, 5.74) is 0.0206. The molecular weight excluding hydrogens is 389 g/mol. The molecule has 9 heteroatoms. The fraction of sp³-hybridized carbons (Fsp3) is 0.316. The number of amides is 1. The molecule has 4 rings (SSSR count). The molecule has 0 spiro atoms. The molecular formula is C19H17F3N4OS. The number of nitrogens with zero attached hydrogens (tertiary/aromatic N) is 4. The second kappa shape index (κ2) is 7.38. The summed E-state index contributed by atoms with van der Waals surface area (Å²) in [6, 6.07) is 7.37. The molecule has 146 valence electrons. The minimum absolute atomic E-state index is 0.0794. The van der Waals surface area contributed by atoms with E-state index in [9.17, 15) is 18.0 Å². The topological polar surface area (TPSA) is 51.0 Å². The van der Waals surface area contributed by atoms with Crippen LogP contribution in [0.1, 0.15) is 39.8 Å². The zero-order valence-electron chi connectivity index (χ0n) is 14.8. The molecule has 1 atom stereocenters. The number of halogens is 3. The second-order valence-corrected chi connectivity index (χ2v) is 7.58. The average Bonchev–Trinajstić information content (AvgIpc) is 3.39. The average molecular weight is 406 g/mol. The SMILES string of the molecule is O=C(c1ccc(-n2ccc(C(F)(F)F)n2)cc1)N1CCCC(c2nccs2)C1. The Hall–Kier alpha value is -2.68. The number of piperidine rings is 1. The molecule has 0 radical (unpaired) electrons. The highest BCUT2D eigenvalue weighted by Gasteiger charge is 2.33. The first-order valence-electron chi connectivity index (χ1n) is 8.84. The summed E-state index contributed by atoms with van der Waals surface area (Å²) < 4.78 is 39.2. The number of likely N-dealkylation sites (tertiary alicyclic amines) is 1. The van der Waals surface area contributed by atoms with Crippen molar-refractivity contribution in [1.29, 1.82) is 0 Å². The Balaban J connectivity index is 1.47. The lowest BCUT2D eigenvalue weighted by Gasteiger charge is -2.32. The van der Waals surface area contributed by atoms with Gasteiger partial charge in [-0.1, -0.05) is 0 Å². The van der Waals surface area contributed by atoms with Gasteiger partial charge >= 0.3 is 6.18 Å². The van der Waals surface area contributed by atoms with Crippen molar-refractivity contribution in [1.82, 2.24) is 19.7 Å². The van der Waals surface area contributed by atoms with Gasteiger partial charge in [0.25, 0.3) is 5.91 Å². The largest absolute Gasteiger partial charge is 0.435 e. The van der Waals surface area contributed by atoms with Crippen molar-refractivity contribution in [2.24, 2.45) is 0 Å². The van der Waals surface area contributed by atoms with Crippen LogP contribution in [0.5, 0.6) is 0 Å². The van der Waals surface area contributed by atoms with E-state index >= 15 is 0 Å². The van der Waals surface area contributed by atoms with Crippen LogP contribution in [0.4, 0.5) is 13.2 Å². The highest BCUT2D eigenvalue weighted by atomic mass is 32.1.